The van der Waals surface area contributed by atoms with Crippen LogP contribution in [0.15, 0.2) is 59.8 Å². The maximum absolute atomic E-state index is 12.8. The summed E-state index contributed by atoms with van der Waals surface area (Å²) in [6.07, 6.45) is 3.48. The molecule has 146 valence electrons. The van der Waals surface area contributed by atoms with E-state index in [1.165, 1.54) is 19.2 Å². The summed E-state index contributed by atoms with van der Waals surface area (Å²) in [4.78, 5) is 4.37. The van der Waals surface area contributed by atoms with Gasteiger partial charge in [0.05, 0.1) is 24.8 Å². The average molecular weight is 398 g/mol. The number of benzene rings is 2. The summed E-state index contributed by atoms with van der Waals surface area (Å²) in [7, 11) is -0.715. The molecule has 0 unspecified atom stereocenters. The summed E-state index contributed by atoms with van der Waals surface area (Å²) in [6, 6.07) is 11.7. The number of pyridine rings is 1. The van der Waals surface area contributed by atoms with E-state index in [-0.39, 0.29) is 4.90 Å². The van der Waals surface area contributed by atoms with Crippen LogP contribution >= 0.6 is 0 Å². The summed E-state index contributed by atoms with van der Waals surface area (Å²) < 4.78 is 39.3. The molecule has 0 bridgehead atoms. The molecular formula is C21H22N2O4S. The number of ether oxygens (including phenoxy) is 2. The number of anilines is 1. The lowest BCUT2D eigenvalue weighted by Gasteiger charge is -2.20. The van der Waals surface area contributed by atoms with Crippen molar-refractivity contribution < 1.29 is 17.9 Å². The molecule has 1 heterocycles. The van der Waals surface area contributed by atoms with Crippen molar-refractivity contribution in [3.63, 3.8) is 0 Å². The number of rotatable bonds is 6. The first kappa shape index (κ1) is 19.7. The van der Waals surface area contributed by atoms with Gasteiger partial charge in [-0.05, 0) is 37.6 Å². The number of nitrogens with zero attached hydrogens (tertiary/aromatic N) is 1. The molecule has 0 amide bonds. The van der Waals surface area contributed by atoms with Gasteiger partial charge in [-0.15, -0.1) is 0 Å². The molecule has 0 spiro atoms. The normalized spacial score (nSPS) is 11.1. The molecule has 3 rings (SSSR count). The molecule has 3 aromatic rings. The van der Waals surface area contributed by atoms with Gasteiger partial charge < -0.3 is 9.47 Å². The smallest absolute Gasteiger partial charge is 0.262 e. The highest BCUT2D eigenvalue weighted by molar-refractivity contribution is 7.92. The zero-order valence-electron chi connectivity index (χ0n) is 16.2. The number of methoxy groups -OCH3 is 2. The van der Waals surface area contributed by atoms with Crippen molar-refractivity contribution in [3.8, 4) is 22.6 Å². The highest BCUT2D eigenvalue weighted by Crippen LogP contribution is 2.44. The van der Waals surface area contributed by atoms with E-state index in [1.54, 1.807) is 43.8 Å². The largest absolute Gasteiger partial charge is 0.496 e. The van der Waals surface area contributed by atoms with E-state index in [0.29, 0.717) is 17.2 Å². The van der Waals surface area contributed by atoms with Crippen LogP contribution in [-0.4, -0.2) is 27.6 Å². The Labute approximate surface area is 165 Å². The van der Waals surface area contributed by atoms with Gasteiger partial charge in [-0.2, -0.15) is 0 Å². The van der Waals surface area contributed by atoms with Crippen LogP contribution in [-0.2, 0) is 10.0 Å². The number of aryl methyl sites for hydroxylation is 1. The van der Waals surface area contributed by atoms with Gasteiger partial charge in [0.1, 0.15) is 11.5 Å². The first-order valence-corrected chi connectivity index (χ1v) is 10.1. The molecule has 0 aliphatic carbocycles. The first-order valence-electron chi connectivity index (χ1n) is 8.63. The fraction of sp³-hybridized carbons (Fsp3) is 0.190. The lowest BCUT2D eigenvalue weighted by Crippen LogP contribution is -2.14. The molecule has 2 aromatic carbocycles. The predicted octanol–water partition coefficient (Wildman–Crippen LogP) is 4.18. The van der Waals surface area contributed by atoms with Crippen molar-refractivity contribution >= 4 is 15.7 Å². The number of aromatic nitrogens is 1. The van der Waals surface area contributed by atoms with Gasteiger partial charge in [-0.25, -0.2) is 8.42 Å². The van der Waals surface area contributed by atoms with E-state index >= 15 is 0 Å². The molecular weight excluding hydrogens is 376 g/mol. The van der Waals surface area contributed by atoms with Crippen LogP contribution in [0.2, 0.25) is 0 Å². The maximum Gasteiger partial charge on any atom is 0.262 e. The monoisotopic (exact) mass is 398 g/mol. The van der Waals surface area contributed by atoms with E-state index < -0.39 is 10.0 Å². The van der Waals surface area contributed by atoms with E-state index in [0.717, 1.165) is 22.3 Å². The number of sulfonamides is 1. The van der Waals surface area contributed by atoms with E-state index in [1.807, 2.05) is 19.9 Å². The van der Waals surface area contributed by atoms with E-state index in [4.69, 9.17) is 9.47 Å². The van der Waals surface area contributed by atoms with Crippen LogP contribution in [0.5, 0.6) is 11.5 Å². The molecule has 1 N–H and O–H groups in total. The van der Waals surface area contributed by atoms with Crippen LogP contribution in [0.4, 0.5) is 5.69 Å². The van der Waals surface area contributed by atoms with Gasteiger partial charge in [0.15, 0.2) is 0 Å². The summed E-state index contributed by atoms with van der Waals surface area (Å²) in [5.41, 5.74) is 3.80. The van der Waals surface area contributed by atoms with Crippen molar-refractivity contribution in [2.75, 3.05) is 18.9 Å². The van der Waals surface area contributed by atoms with Gasteiger partial charge in [0.25, 0.3) is 10.0 Å². The van der Waals surface area contributed by atoms with Crippen molar-refractivity contribution in [2.45, 2.75) is 18.7 Å². The standard InChI is InChI=1S/C21H22N2O4S/c1-14-10-11-22-13-17(14)20-15(2)21(27-4)18(12-19(20)26-3)23-28(24,25)16-8-6-5-7-9-16/h5-13,23H,1-4H3. The highest BCUT2D eigenvalue weighted by atomic mass is 32.2. The van der Waals surface area contributed by atoms with Crippen LogP contribution in [0.1, 0.15) is 11.1 Å². The van der Waals surface area contributed by atoms with Crippen LogP contribution in [0.3, 0.4) is 0 Å². The molecule has 7 heteroatoms. The molecule has 0 saturated carbocycles. The Morgan fingerprint density at radius 2 is 1.71 bits per heavy atom. The summed E-state index contributed by atoms with van der Waals surface area (Å²) >= 11 is 0. The van der Waals surface area contributed by atoms with Gasteiger partial charge in [0.2, 0.25) is 0 Å². The first-order chi connectivity index (χ1) is 13.4. The number of hydrogen-bond donors (Lipinski definition) is 1. The number of hydrogen-bond acceptors (Lipinski definition) is 5. The Balaban J connectivity index is 2.17. The third kappa shape index (κ3) is 3.66. The lowest BCUT2D eigenvalue weighted by atomic mass is 9.96. The van der Waals surface area contributed by atoms with Crippen LogP contribution in [0.25, 0.3) is 11.1 Å². The zero-order chi connectivity index (χ0) is 20.3. The third-order valence-corrected chi connectivity index (χ3v) is 5.89. The Bertz CT molecular complexity index is 1100. The minimum atomic E-state index is -3.77. The molecule has 0 saturated heterocycles. The van der Waals surface area contributed by atoms with Gasteiger partial charge >= 0.3 is 0 Å². The summed E-state index contributed by atoms with van der Waals surface area (Å²) in [5, 5.41) is 0. The van der Waals surface area contributed by atoms with Crippen molar-refractivity contribution in [1.29, 1.82) is 0 Å². The van der Waals surface area contributed by atoms with Gasteiger partial charge in [-0.3, -0.25) is 9.71 Å². The van der Waals surface area contributed by atoms with Gasteiger partial charge in [-0.1, -0.05) is 18.2 Å². The Hall–Kier alpha value is -3.06. The maximum atomic E-state index is 12.8. The Kier molecular flexibility index (Phi) is 5.56. The molecule has 0 aliphatic rings. The Morgan fingerprint density at radius 3 is 2.32 bits per heavy atom. The zero-order valence-corrected chi connectivity index (χ0v) is 17.0. The molecule has 0 radical (unpaired) electrons. The van der Waals surface area contributed by atoms with Crippen LogP contribution < -0.4 is 14.2 Å². The predicted molar refractivity (Wildman–Crippen MR) is 110 cm³/mol. The van der Waals surface area contributed by atoms with Crippen LogP contribution in [0, 0.1) is 13.8 Å². The molecule has 0 atom stereocenters. The molecule has 0 aliphatic heterocycles. The molecule has 1 aromatic heterocycles. The second kappa shape index (κ2) is 7.90. The van der Waals surface area contributed by atoms with Crippen molar-refractivity contribution in [1.82, 2.24) is 4.98 Å². The second-order valence-corrected chi connectivity index (χ2v) is 7.95. The quantitative estimate of drug-likeness (QED) is 0.674. The van der Waals surface area contributed by atoms with Crippen molar-refractivity contribution in [3.05, 3.63) is 66.0 Å². The third-order valence-electron chi connectivity index (χ3n) is 4.51. The second-order valence-electron chi connectivity index (χ2n) is 6.27. The Morgan fingerprint density at radius 1 is 1.00 bits per heavy atom. The number of nitrogens with one attached hydrogen (secondary N) is 1. The molecule has 6 nitrogen and oxygen atoms in total. The van der Waals surface area contributed by atoms with Gasteiger partial charge in [0, 0.05) is 35.2 Å². The van der Waals surface area contributed by atoms with E-state index in [2.05, 4.69) is 9.71 Å². The molecule has 28 heavy (non-hydrogen) atoms. The summed E-state index contributed by atoms with van der Waals surface area (Å²) in [6.45, 7) is 3.85. The topological polar surface area (TPSA) is 77.5 Å². The fourth-order valence-electron chi connectivity index (χ4n) is 3.13. The average Bonchev–Trinajstić information content (AvgIpc) is 2.69. The minimum absolute atomic E-state index is 0.167. The molecule has 0 fully saturated rings. The lowest BCUT2D eigenvalue weighted by molar-refractivity contribution is 0.404. The summed E-state index contributed by atoms with van der Waals surface area (Å²) in [5.74, 6) is 0.957. The van der Waals surface area contributed by atoms with E-state index in [9.17, 15) is 8.42 Å². The van der Waals surface area contributed by atoms with Crippen molar-refractivity contribution in [2.24, 2.45) is 0 Å². The highest BCUT2D eigenvalue weighted by Gasteiger charge is 2.23. The minimum Gasteiger partial charge on any atom is -0.496 e. The fourth-order valence-corrected chi connectivity index (χ4v) is 4.21. The SMILES string of the molecule is COc1cc(NS(=O)(=O)c2ccccc2)c(OC)c(C)c1-c1cnccc1C.